The molecule has 0 aliphatic rings. The van der Waals surface area contributed by atoms with Crippen molar-refractivity contribution in [2.75, 3.05) is 5.32 Å². The molecule has 8 nitrogen and oxygen atoms in total. The Hall–Kier alpha value is -2.23. The lowest BCUT2D eigenvalue weighted by Crippen LogP contribution is -2.15. The maximum atomic E-state index is 11.6. The number of rotatable bonds is 5. The number of anilines is 1. The fourth-order valence-corrected chi connectivity index (χ4v) is 2.84. The number of hydrogen-bond donors (Lipinski definition) is 2. The van der Waals surface area contributed by atoms with Gasteiger partial charge in [-0.05, 0) is 24.3 Å². The van der Waals surface area contributed by atoms with E-state index in [9.17, 15) is 18.1 Å². The van der Waals surface area contributed by atoms with E-state index in [0.717, 1.165) is 6.07 Å². The molecule has 1 amide bonds. The summed E-state index contributed by atoms with van der Waals surface area (Å²) in [6.45, 7) is 0.192. The van der Waals surface area contributed by atoms with Crippen LogP contribution in [0.25, 0.3) is 0 Å². The average molecular weight is 344 g/mol. The minimum atomic E-state index is -4.15. The van der Waals surface area contributed by atoms with Crippen molar-refractivity contribution in [2.24, 2.45) is 10.3 Å². The van der Waals surface area contributed by atoms with Gasteiger partial charge in [0.15, 0.2) is 0 Å². The second-order valence-electron chi connectivity index (χ2n) is 4.20. The number of nitrogens with two attached hydrogens (primary N) is 1. The van der Waals surface area contributed by atoms with Gasteiger partial charge in [-0.3, -0.25) is 4.79 Å². The average Bonchev–Trinajstić information content (AvgIpc) is 2.96. The van der Waals surface area contributed by atoms with Crippen molar-refractivity contribution in [3.05, 3.63) is 51.8 Å². The van der Waals surface area contributed by atoms with E-state index in [2.05, 4.69) is 10.5 Å². The zero-order chi connectivity index (χ0) is 16.3. The number of nitroso groups, excluding NO2 is 1. The van der Waals surface area contributed by atoms with Crippen LogP contribution in [0.15, 0.2) is 45.0 Å². The first-order valence-corrected chi connectivity index (χ1v) is 7.75. The van der Waals surface area contributed by atoms with Crippen molar-refractivity contribution in [3.63, 3.8) is 0 Å². The molecule has 0 unspecified atom stereocenters. The quantitative estimate of drug-likeness (QED) is 0.799. The van der Waals surface area contributed by atoms with Gasteiger partial charge in [-0.1, -0.05) is 11.6 Å². The molecule has 0 aliphatic heterocycles. The molecule has 22 heavy (non-hydrogen) atoms. The van der Waals surface area contributed by atoms with Crippen molar-refractivity contribution in [2.45, 2.75) is 11.4 Å². The van der Waals surface area contributed by atoms with E-state index < -0.39 is 20.8 Å². The van der Waals surface area contributed by atoms with Crippen LogP contribution < -0.4 is 10.5 Å². The van der Waals surface area contributed by atoms with Gasteiger partial charge >= 0.3 is 5.91 Å². The lowest BCUT2D eigenvalue weighted by atomic mass is 10.1. The van der Waals surface area contributed by atoms with Crippen molar-refractivity contribution in [1.29, 1.82) is 0 Å². The molecule has 2 rings (SSSR count). The van der Waals surface area contributed by atoms with Crippen LogP contribution >= 0.6 is 11.6 Å². The van der Waals surface area contributed by atoms with E-state index >= 15 is 0 Å². The molecule has 0 spiro atoms. The molecule has 116 valence electrons. The maximum absolute atomic E-state index is 11.6. The second-order valence-corrected chi connectivity index (χ2v) is 6.14. The Kier molecular flexibility index (Phi) is 4.59. The Balaban J connectivity index is 2.45. The summed E-state index contributed by atoms with van der Waals surface area (Å²) in [4.78, 5) is 21.6. The fraction of sp³-hybridized carbons (Fsp3) is 0.0833. The Morgan fingerprint density at radius 1 is 1.41 bits per heavy atom. The molecule has 10 heteroatoms. The standard InChI is InChI=1S/C12H10ClN3O5S/c13-9-5-10(15-6-7-2-1-3-21-7)8(12(17)16-18)4-11(9)22(14,19)20/h1-5,15H,6H2,(H2,14,19,20). The molecule has 0 radical (unpaired) electrons. The number of hydrogen-bond acceptors (Lipinski definition) is 6. The van der Waals surface area contributed by atoms with Crippen molar-refractivity contribution in [1.82, 2.24) is 0 Å². The van der Waals surface area contributed by atoms with E-state index in [1.165, 1.54) is 12.3 Å². The molecular weight excluding hydrogens is 334 g/mol. The number of benzene rings is 1. The Labute approximate surface area is 130 Å². The molecule has 0 bridgehead atoms. The number of primary sulfonamides is 1. The summed E-state index contributed by atoms with van der Waals surface area (Å²) >= 11 is 5.85. The third-order valence-electron chi connectivity index (χ3n) is 2.73. The number of carbonyl (C=O) groups excluding carboxylic acids is 1. The van der Waals surface area contributed by atoms with Crippen molar-refractivity contribution in [3.8, 4) is 0 Å². The summed E-state index contributed by atoms with van der Waals surface area (Å²) in [6, 6.07) is 5.45. The molecule has 1 aromatic heterocycles. The first kappa shape index (κ1) is 16.1. The van der Waals surface area contributed by atoms with Gasteiger partial charge in [-0.2, -0.15) is 0 Å². The molecule has 0 aliphatic carbocycles. The smallest absolute Gasteiger partial charge is 0.318 e. The highest BCUT2D eigenvalue weighted by Crippen LogP contribution is 2.29. The van der Waals surface area contributed by atoms with E-state index in [4.69, 9.17) is 21.2 Å². The number of amides is 1. The van der Waals surface area contributed by atoms with Crippen LogP contribution in [-0.4, -0.2) is 14.3 Å². The minimum absolute atomic E-state index is 0.137. The first-order valence-electron chi connectivity index (χ1n) is 5.83. The van der Waals surface area contributed by atoms with E-state index in [1.807, 2.05) is 0 Å². The Morgan fingerprint density at radius 3 is 2.68 bits per heavy atom. The number of furan rings is 1. The zero-order valence-corrected chi connectivity index (χ0v) is 12.5. The first-order chi connectivity index (χ1) is 10.3. The molecule has 1 heterocycles. The molecule has 0 fully saturated rings. The van der Waals surface area contributed by atoms with Gasteiger partial charge in [0.2, 0.25) is 10.0 Å². The molecule has 0 saturated heterocycles. The van der Waals surface area contributed by atoms with Crippen LogP contribution in [0.3, 0.4) is 0 Å². The van der Waals surface area contributed by atoms with Crippen LogP contribution in [0.2, 0.25) is 5.02 Å². The predicted molar refractivity (Wildman–Crippen MR) is 79.0 cm³/mol. The van der Waals surface area contributed by atoms with Crippen molar-refractivity contribution >= 4 is 33.2 Å². The number of carbonyl (C=O) groups is 1. The van der Waals surface area contributed by atoms with Crippen LogP contribution in [0.1, 0.15) is 16.1 Å². The third kappa shape index (κ3) is 3.50. The number of sulfonamides is 1. The Morgan fingerprint density at radius 2 is 2.14 bits per heavy atom. The maximum Gasteiger partial charge on any atom is 0.318 e. The van der Waals surface area contributed by atoms with Gasteiger partial charge in [-0.25, -0.2) is 13.6 Å². The highest BCUT2D eigenvalue weighted by molar-refractivity contribution is 7.89. The van der Waals surface area contributed by atoms with E-state index in [0.29, 0.717) is 5.76 Å². The van der Waals surface area contributed by atoms with Crippen molar-refractivity contribution < 1.29 is 17.6 Å². The molecule has 2 aromatic rings. The summed E-state index contributed by atoms with van der Waals surface area (Å²) < 4.78 is 27.9. The second kappa shape index (κ2) is 6.26. The lowest BCUT2D eigenvalue weighted by molar-refractivity contribution is 0.100. The third-order valence-corrected chi connectivity index (χ3v) is 4.10. The van der Waals surface area contributed by atoms with E-state index in [1.54, 1.807) is 12.1 Å². The van der Waals surface area contributed by atoms with Gasteiger partial charge in [0.25, 0.3) is 0 Å². The zero-order valence-electron chi connectivity index (χ0n) is 10.9. The number of nitrogens with zero attached hydrogens (tertiary/aromatic N) is 1. The minimum Gasteiger partial charge on any atom is -0.467 e. The topological polar surface area (TPSA) is 132 Å². The monoisotopic (exact) mass is 343 g/mol. The number of halogens is 1. The number of nitrogens with one attached hydrogen (secondary N) is 1. The van der Waals surface area contributed by atoms with Gasteiger partial charge in [-0.15, -0.1) is 4.91 Å². The van der Waals surface area contributed by atoms with Gasteiger partial charge < -0.3 is 9.73 Å². The lowest BCUT2D eigenvalue weighted by Gasteiger charge is -2.11. The molecule has 0 saturated carbocycles. The SMILES string of the molecule is NS(=O)(=O)c1cc(C(=O)N=O)c(NCc2ccco2)cc1Cl. The fourth-order valence-electron chi connectivity index (χ4n) is 1.74. The predicted octanol–water partition coefficient (Wildman–Crippen LogP) is 2.10. The van der Waals surface area contributed by atoms with Crippen LogP contribution in [0, 0.1) is 4.91 Å². The molecule has 1 aromatic carbocycles. The van der Waals surface area contributed by atoms with Crippen LogP contribution in [0.5, 0.6) is 0 Å². The van der Waals surface area contributed by atoms with E-state index in [-0.39, 0.29) is 22.8 Å². The largest absolute Gasteiger partial charge is 0.467 e. The molecular formula is C12H10ClN3O5S. The highest BCUT2D eigenvalue weighted by Gasteiger charge is 2.21. The summed E-state index contributed by atoms with van der Waals surface area (Å²) in [5, 5.41) is 9.92. The summed E-state index contributed by atoms with van der Waals surface area (Å²) in [5.74, 6) is -0.590. The van der Waals surface area contributed by atoms with Gasteiger partial charge in [0.05, 0.1) is 23.4 Å². The van der Waals surface area contributed by atoms with Gasteiger partial charge in [0.1, 0.15) is 10.7 Å². The van der Waals surface area contributed by atoms with Crippen LogP contribution in [-0.2, 0) is 16.6 Å². The summed E-state index contributed by atoms with van der Waals surface area (Å²) in [7, 11) is -4.15. The highest BCUT2D eigenvalue weighted by atomic mass is 35.5. The van der Waals surface area contributed by atoms with Crippen LogP contribution in [0.4, 0.5) is 5.69 Å². The molecule has 0 atom stereocenters. The normalized spacial score (nSPS) is 11.2. The van der Waals surface area contributed by atoms with Gasteiger partial charge in [0, 0.05) is 10.9 Å². The summed E-state index contributed by atoms with van der Waals surface area (Å²) in [5.41, 5.74) is -0.117. The summed E-state index contributed by atoms with van der Waals surface area (Å²) in [6.07, 6.45) is 1.47. The molecule has 3 N–H and O–H groups in total. The Bertz CT molecular complexity index is 818.